The van der Waals surface area contributed by atoms with Gasteiger partial charge in [-0.3, -0.25) is 14.5 Å². The van der Waals surface area contributed by atoms with Crippen molar-refractivity contribution < 1.29 is 24.2 Å². The number of thiazole rings is 1. The van der Waals surface area contributed by atoms with Gasteiger partial charge in [-0.25, -0.2) is 4.98 Å². The monoisotopic (exact) mass is 550 g/mol. The Morgan fingerprint density at radius 3 is 2.40 bits per heavy atom. The average molecular weight is 551 g/mol. The van der Waals surface area contributed by atoms with Crippen LogP contribution in [0, 0.1) is 0 Å². The van der Waals surface area contributed by atoms with Crippen LogP contribution in [0.4, 0.5) is 5.13 Å². The molecule has 1 saturated heterocycles. The van der Waals surface area contributed by atoms with E-state index in [1.165, 1.54) is 16.2 Å². The fraction of sp³-hybridized carbons (Fsp3) is 0.115. The van der Waals surface area contributed by atoms with Crippen molar-refractivity contribution >= 4 is 60.1 Å². The molecule has 5 rings (SSSR count). The molecule has 0 spiro atoms. The zero-order valence-corrected chi connectivity index (χ0v) is 21.1. The first-order valence-corrected chi connectivity index (χ1v) is 12.2. The molecule has 0 unspecified atom stereocenters. The van der Waals surface area contributed by atoms with Gasteiger partial charge in [0.2, 0.25) is 0 Å². The number of fused-ring (bicyclic) bond motifs is 1. The Labute approximate surface area is 213 Å². The quantitative estimate of drug-likeness (QED) is 0.195. The van der Waals surface area contributed by atoms with Crippen molar-refractivity contribution in [2.24, 2.45) is 0 Å². The van der Waals surface area contributed by atoms with Crippen LogP contribution in [0.1, 0.15) is 17.2 Å². The van der Waals surface area contributed by atoms with Crippen LogP contribution in [0.25, 0.3) is 16.0 Å². The van der Waals surface area contributed by atoms with Gasteiger partial charge in [0.25, 0.3) is 5.78 Å². The number of hydrogen-bond donors (Lipinski definition) is 1. The van der Waals surface area contributed by atoms with Gasteiger partial charge in [-0.2, -0.15) is 0 Å². The molecule has 3 aromatic carbocycles. The number of ketones is 1. The van der Waals surface area contributed by atoms with Gasteiger partial charge >= 0.3 is 5.91 Å². The zero-order valence-electron chi connectivity index (χ0n) is 18.7. The lowest BCUT2D eigenvalue weighted by Gasteiger charge is -2.23. The van der Waals surface area contributed by atoms with Crippen LogP contribution < -0.4 is 14.4 Å². The van der Waals surface area contributed by atoms with Crippen molar-refractivity contribution in [1.82, 2.24) is 4.98 Å². The SMILES string of the molecule is COc1ccc(C(O)=C2C(=O)C(=O)N(c3nc4ccc(OC)cc4s3)[C@H]2c2cccc(Br)c2)cc1. The Hall–Kier alpha value is -3.69. The number of methoxy groups -OCH3 is 2. The van der Waals surface area contributed by atoms with Crippen molar-refractivity contribution in [2.45, 2.75) is 6.04 Å². The number of benzene rings is 3. The molecule has 1 amide bonds. The summed E-state index contributed by atoms with van der Waals surface area (Å²) in [6.07, 6.45) is 0. The lowest BCUT2D eigenvalue weighted by molar-refractivity contribution is -0.132. The summed E-state index contributed by atoms with van der Waals surface area (Å²) >= 11 is 4.75. The Morgan fingerprint density at radius 2 is 1.71 bits per heavy atom. The number of halogens is 1. The highest BCUT2D eigenvalue weighted by molar-refractivity contribution is 9.10. The van der Waals surface area contributed by atoms with Crippen molar-refractivity contribution in [3.05, 3.63) is 87.9 Å². The number of hydrogen-bond acceptors (Lipinski definition) is 7. The summed E-state index contributed by atoms with van der Waals surface area (Å²) < 4.78 is 12.1. The number of aromatic nitrogens is 1. The van der Waals surface area contributed by atoms with Gasteiger partial charge in [-0.15, -0.1) is 0 Å². The summed E-state index contributed by atoms with van der Waals surface area (Å²) in [7, 11) is 3.12. The van der Waals surface area contributed by atoms with E-state index in [0.717, 1.165) is 9.17 Å². The van der Waals surface area contributed by atoms with Gasteiger partial charge < -0.3 is 14.6 Å². The third-order valence-corrected chi connectivity index (χ3v) is 7.27. The van der Waals surface area contributed by atoms with Crippen LogP contribution in [0.3, 0.4) is 0 Å². The molecule has 0 radical (unpaired) electrons. The number of aliphatic hydroxyl groups is 1. The Balaban J connectivity index is 1.70. The summed E-state index contributed by atoms with van der Waals surface area (Å²) in [4.78, 5) is 32.7. The smallest absolute Gasteiger partial charge is 0.301 e. The van der Waals surface area contributed by atoms with E-state index in [-0.39, 0.29) is 11.3 Å². The standard InChI is InChI=1S/C26H19BrN2O5S/c1-33-17-8-6-14(7-9-17)23(30)21-22(15-4-3-5-16(27)12-15)29(25(32)24(21)31)26-28-19-11-10-18(34-2)13-20(19)35-26/h3-13,22,30H,1-2H3/t22-/m0/s1. The molecule has 2 heterocycles. The second-order valence-electron chi connectivity index (χ2n) is 7.78. The summed E-state index contributed by atoms with van der Waals surface area (Å²) in [5, 5.41) is 11.6. The fourth-order valence-electron chi connectivity index (χ4n) is 4.05. The maximum absolute atomic E-state index is 13.4. The van der Waals surface area contributed by atoms with Crippen LogP contribution in [0.5, 0.6) is 11.5 Å². The Morgan fingerprint density at radius 1 is 1.00 bits per heavy atom. The molecule has 35 heavy (non-hydrogen) atoms. The zero-order chi connectivity index (χ0) is 24.7. The molecule has 0 aliphatic carbocycles. The third-order valence-electron chi connectivity index (χ3n) is 5.76. The lowest BCUT2D eigenvalue weighted by atomic mass is 9.95. The maximum Gasteiger partial charge on any atom is 0.301 e. The van der Waals surface area contributed by atoms with Crippen molar-refractivity contribution in [3.63, 3.8) is 0 Å². The van der Waals surface area contributed by atoms with Crippen LogP contribution in [0.15, 0.2) is 76.8 Å². The highest BCUT2D eigenvalue weighted by Crippen LogP contribution is 2.45. The van der Waals surface area contributed by atoms with E-state index in [1.54, 1.807) is 50.6 Å². The van der Waals surface area contributed by atoms with E-state index >= 15 is 0 Å². The number of Topliss-reactive ketones (excluding diaryl/α,β-unsaturated/α-hetero) is 1. The minimum atomic E-state index is -0.864. The molecule has 4 aromatic rings. The molecule has 1 fully saturated rings. The summed E-state index contributed by atoms with van der Waals surface area (Å²) in [6.45, 7) is 0. The molecule has 1 aromatic heterocycles. The van der Waals surface area contributed by atoms with Gasteiger partial charge in [0, 0.05) is 10.0 Å². The lowest BCUT2D eigenvalue weighted by Crippen LogP contribution is -2.29. The molecule has 1 atom stereocenters. The van der Waals surface area contributed by atoms with Gasteiger partial charge in [0.1, 0.15) is 17.3 Å². The van der Waals surface area contributed by atoms with Crippen molar-refractivity contribution in [3.8, 4) is 11.5 Å². The molecule has 176 valence electrons. The third kappa shape index (κ3) is 4.06. The second kappa shape index (κ2) is 9.16. The minimum Gasteiger partial charge on any atom is -0.507 e. The first kappa shape index (κ1) is 23.1. The van der Waals surface area contributed by atoms with E-state index in [1.807, 2.05) is 30.3 Å². The number of anilines is 1. The predicted molar refractivity (Wildman–Crippen MR) is 138 cm³/mol. The van der Waals surface area contributed by atoms with E-state index in [2.05, 4.69) is 20.9 Å². The first-order chi connectivity index (χ1) is 16.9. The highest BCUT2D eigenvalue weighted by atomic mass is 79.9. The number of nitrogens with zero attached hydrogens (tertiary/aromatic N) is 2. The van der Waals surface area contributed by atoms with Gasteiger partial charge in [-0.1, -0.05) is 39.4 Å². The average Bonchev–Trinajstić information content (AvgIpc) is 3.41. The molecule has 7 nitrogen and oxygen atoms in total. The van der Waals surface area contributed by atoms with Gasteiger partial charge in [0.15, 0.2) is 5.13 Å². The number of carbonyl (C=O) groups is 2. The van der Waals surface area contributed by atoms with E-state index in [9.17, 15) is 14.7 Å². The van der Waals surface area contributed by atoms with Crippen molar-refractivity contribution in [1.29, 1.82) is 0 Å². The fourth-order valence-corrected chi connectivity index (χ4v) is 5.49. The maximum atomic E-state index is 13.4. The molecule has 9 heteroatoms. The van der Waals surface area contributed by atoms with Crippen LogP contribution in [0.2, 0.25) is 0 Å². The molecule has 1 aliphatic rings. The van der Waals surface area contributed by atoms with E-state index in [0.29, 0.717) is 33.3 Å². The van der Waals surface area contributed by atoms with E-state index < -0.39 is 17.7 Å². The Bertz CT molecular complexity index is 1500. The van der Waals surface area contributed by atoms with Gasteiger partial charge in [-0.05, 0) is 60.2 Å². The summed E-state index contributed by atoms with van der Waals surface area (Å²) in [5.74, 6) is -0.523. The number of rotatable bonds is 5. The number of carbonyl (C=O) groups excluding carboxylic acids is 2. The second-order valence-corrected chi connectivity index (χ2v) is 9.71. The van der Waals surface area contributed by atoms with Crippen LogP contribution in [-0.4, -0.2) is 36.0 Å². The van der Waals surface area contributed by atoms with Crippen LogP contribution >= 0.6 is 27.3 Å². The Kier molecular flexibility index (Phi) is 6.04. The van der Waals surface area contributed by atoms with Crippen LogP contribution in [-0.2, 0) is 9.59 Å². The number of ether oxygens (including phenoxy) is 2. The molecule has 1 aliphatic heterocycles. The summed E-state index contributed by atoms with van der Waals surface area (Å²) in [5.41, 5.74) is 1.73. The molecule has 0 bridgehead atoms. The molecular weight excluding hydrogens is 532 g/mol. The predicted octanol–water partition coefficient (Wildman–Crippen LogP) is 5.70. The summed E-state index contributed by atoms with van der Waals surface area (Å²) in [6, 6.07) is 18.5. The molecule has 0 saturated carbocycles. The number of aliphatic hydroxyl groups excluding tert-OH is 1. The first-order valence-electron chi connectivity index (χ1n) is 10.6. The minimum absolute atomic E-state index is 0.00453. The molecular formula is C26H19BrN2O5S. The normalized spacial score (nSPS) is 17.2. The largest absolute Gasteiger partial charge is 0.507 e. The topological polar surface area (TPSA) is 89.0 Å². The number of amides is 1. The van der Waals surface area contributed by atoms with Gasteiger partial charge in [0.05, 0.1) is 36.1 Å². The van der Waals surface area contributed by atoms with E-state index in [4.69, 9.17) is 9.47 Å². The molecule has 1 N–H and O–H groups in total. The highest BCUT2D eigenvalue weighted by Gasteiger charge is 2.48. The van der Waals surface area contributed by atoms with Crippen molar-refractivity contribution in [2.75, 3.05) is 19.1 Å².